The average Bonchev–Trinajstić information content (AvgIpc) is 2.38. The highest BCUT2D eigenvalue weighted by atomic mass is 15.2. The van der Waals surface area contributed by atoms with Gasteiger partial charge in [-0.1, -0.05) is 44.4 Å². The molecule has 0 unspecified atom stereocenters. The summed E-state index contributed by atoms with van der Waals surface area (Å²) in [5.74, 6) is 0. The van der Waals surface area contributed by atoms with E-state index in [1.165, 1.54) is 37.9 Å². The van der Waals surface area contributed by atoms with Gasteiger partial charge in [0.15, 0.2) is 0 Å². The van der Waals surface area contributed by atoms with Crippen LogP contribution in [0.2, 0.25) is 0 Å². The molecule has 0 radical (unpaired) electrons. The van der Waals surface area contributed by atoms with Gasteiger partial charge in [0.25, 0.3) is 0 Å². The lowest BCUT2D eigenvalue weighted by molar-refractivity contribution is 0.412. The van der Waals surface area contributed by atoms with Crippen molar-refractivity contribution in [2.24, 2.45) is 0 Å². The van der Waals surface area contributed by atoms with Gasteiger partial charge in [-0.3, -0.25) is 0 Å². The monoisotopic (exact) mass is 248 g/mol. The number of unbranched alkanes of at least 4 members (excludes halogenated alkanes) is 3. The molecule has 0 fully saturated rings. The number of rotatable bonds is 9. The predicted molar refractivity (Wildman–Crippen MR) is 81.4 cm³/mol. The second-order valence-corrected chi connectivity index (χ2v) is 5.19. The van der Waals surface area contributed by atoms with Crippen molar-refractivity contribution in [1.29, 1.82) is 0 Å². The molecule has 2 heteroatoms. The summed E-state index contributed by atoms with van der Waals surface area (Å²) in [5, 5.41) is 0. The topological polar surface area (TPSA) is 6.48 Å². The molecular weight excluding hydrogens is 220 g/mol. The molecular formula is C16H28N2. The number of hydrogen-bond acceptors (Lipinski definition) is 2. The Morgan fingerprint density at radius 1 is 0.833 bits per heavy atom. The summed E-state index contributed by atoms with van der Waals surface area (Å²) in [4.78, 5) is 4.76. The van der Waals surface area contributed by atoms with E-state index in [-0.39, 0.29) is 0 Å². The Morgan fingerprint density at radius 3 is 2.17 bits per heavy atom. The minimum atomic E-state index is 1.11. The van der Waals surface area contributed by atoms with Gasteiger partial charge in [0, 0.05) is 25.3 Å². The molecule has 0 atom stereocenters. The molecule has 0 aliphatic rings. The van der Waals surface area contributed by atoms with Crippen molar-refractivity contribution in [3.63, 3.8) is 0 Å². The maximum absolute atomic E-state index is 2.51. The van der Waals surface area contributed by atoms with Gasteiger partial charge in [-0.2, -0.15) is 0 Å². The maximum atomic E-state index is 2.51. The van der Waals surface area contributed by atoms with Gasteiger partial charge in [-0.15, -0.1) is 0 Å². The van der Waals surface area contributed by atoms with Crippen molar-refractivity contribution in [3.8, 4) is 0 Å². The van der Waals surface area contributed by atoms with Crippen molar-refractivity contribution in [3.05, 3.63) is 30.3 Å². The van der Waals surface area contributed by atoms with Crippen molar-refractivity contribution < 1.29 is 0 Å². The lowest BCUT2D eigenvalue weighted by Gasteiger charge is -2.26. The summed E-state index contributed by atoms with van der Waals surface area (Å²) in [6.45, 7) is 5.67. The molecule has 0 spiro atoms. The van der Waals surface area contributed by atoms with E-state index in [0.29, 0.717) is 0 Å². The summed E-state index contributed by atoms with van der Waals surface area (Å²) < 4.78 is 0. The second kappa shape index (κ2) is 8.98. The molecule has 2 nitrogen and oxygen atoms in total. The van der Waals surface area contributed by atoms with Crippen LogP contribution in [0.15, 0.2) is 30.3 Å². The van der Waals surface area contributed by atoms with Crippen molar-refractivity contribution >= 4 is 5.69 Å². The minimum Gasteiger partial charge on any atom is -0.370 e. The van der Waals surface area contributed by atoms with Gasteiger partial charge >= 0.3 is 0 Å². The van der Waals surface area contributed by atoms with Crippen molar-refractivity contribution in [2.75, 3.05) is 38.6 Å². The molecule has 0 N–H and O–H groups in total. The molecule has 102 valence electrons. The molecule has 1 rings (SSSR count). The highest BCUT2D eigenvalue weighted by molar-refractivity contribution is 5.45. The standard InChI is InChI=1S/C16H28N2/c1-4-5-6-10-13-18(15-14-17(2)3)16-11-8-7-9-12-16/h7-9,11-12H,4-6,10,13-15H2,1-3H3. The quantitative estimate of drug-likeness (QED) is 0.616. The van der Waals surface area contributed by atoms with E-state index in [0.717, 1.165) is 13.1 Å². The van der Waals surface area contributed by atoms with Gasteiger partial charge in [-0.25, -0.2) is 0 Å². The van der Waals surface area contributed by atoms with Gasteiger partial charge in [0.2, 0.25) is 0 Å². The molecule has 18 heavy (non-hydrogen) atoms. The van der Waals surface area contributed by atoms with Crippen LogP contribution in [-0.4, -0.2) is 38.6 Å². The number of para-hydroxylation sites is 1. The van der Waals surface area contributed by atoms with E-state index < -0.39 is 0 Å². The third-order valence-corrected chi connectivity index (χ3v) is 3.22. The smallest absolute Gasteiger partial charge is 0.0366 e. The second-order valence-electron chi connectivity index (χ2n) is 5.19. The molecule has 0 heterocycles. The lowest BCUT2D eigenvalue weighted by atomic mass is 10.2. The predicted octanol–water partition coefficient (Wildman–Crippen LogP) is 3.63. The normalized spacial score (nSPS) is 10.9. The first-order valence-corrected chi connectivity index (χ1v) is 7.18. The Hall–Kier alpha value is -1.02. The zero-order chi connectivity index (χ0) is 13.2. The molecule has 1 aromatic rings. The zero-order valence-electron chi connectivity index (χ0n) is 12.2. The molecule has 0 saturated carbocycles. The third-order valence-electron chi connectivity index (χ3n) is 3.22. The fourth-order valence-corrected chi connectivity index (χ4v) is 2.06. The SMILES string of the molecule is CCCCCCN(CCN(C)C)c1ccccc1. The van der Waals surface area contributed by atoms with E-state index >= 15 is 0 Å². The van der Waals surface area contributed by atoms with Crippen LogP contribution in [0.25, 0.3) is 0 Å². The van der Waals surface area contributed by atoms with Gasteiger partial charge in [0.05, 0.1) is 0 Å². The largest absolute Gasteiger partial charge is 0.370 e. The van der Waals surface area contributed by atoms with E-state index in [4.69, 9.17) is 0 Å². The van der Waals surface area contributed by atoms with Gasteiger partial charge in [0.1, 0.15) is 0 Å². The Balaban J connectivity index is 2.47. The fourth-order valence-electron chi connectivity index (χ4n) is 2.06. The molecule has 0 amide bonds. The summed E-state index contributed by atoms with van der Waals surface area (Å²) in [6.07, 6.45) is 5.32. The number of benzene rings is 1. The van der Waals surface area contributed by atoms with E-state index in [2.05, 4.69) is 61.2 Å². The summed E-state index contributed by atoms with van der Waals surface area (Å²) in [5.41, 5.74) is 1.36. The highest BCUT2D eigenvalue weighted by Crippen LogP contribution is 2.14. The Kier molecular flexibility index (Phi) is 7.51. The first-order valence-electron chi connectivity index (χ1n) is 7.18. The van der Waals surface area contributed by atoms with Crippen molar-refractivity contribution in [2.45, 2.75) is 32.6 Å². The lowest BCUT2D eigenvalue weighted by Crippen LogP contribution is -2.32. The first-order chi connectivity index (χ1) is 8.74. The van der Waals surface area contributed by atoms with Crippen LogP contribution in [-0.2, 0) is 0 Å². The number of hydrogen-bond donors (Lipinski definition) is 0. The van der Waals surface area contributed by atoms with Gasteiger partial charge in [-0.05, 0) is 32.6 Å². The van der Waals surface area contributed by atoms with E-state index in [9.17, 15) is 0 Å². The fraction of sp³-hybridized carbons (Fsp3) is 0.625. The molecule has 1 aromatic carbocycles. The first kappa shape index (κ1) is 15.0. The number of anilines is 1. The van der Waals surface area contributed by atoms with Crippen LogP contribution in [0.4, 0.5) is 5.69 Å². The van der Waals surface area contributed by atoms with Crippen LogP contribution in [0.3, 0.4) is 0 Å². The molecule has 0 saturated heterocycles. The molecule has 0 aromatic heterocycles. The molecule has 0 bridgehead atoms. The highest BCUT2D eigenvalue weighted by Gasteiger charge is 2.05. The summed E-state index contributed by atoms with van der Waals surface area (Å²) in [7, 11) is 4.28. The maximum Gasteiger partial charge on any atom is 0.0366 e. The molecule has 0 aliphatic heterocycles. The molecule has 0 aliphatic carbocycles. The number of nitrogens with zero attached hydrogens (tertiary/aromatic N) is 2. The van der Waals surface area contributed by atoms with Crippen LogP contribution in [0.5, 0.6) is 0 Å². The van der Waals surface area contributed by atoms with Crippen LogP contribution in [0, 0.1) is 0 Å². The van der Waals surface area contributed by atoms with Crippen LogP contribution in [0.1, 0.15) is 32.6 Å². The Labute approximate surface area is 113 Å². The van der Waals surface area contributed by atoms with E-state index in [1.807, 2.05) is 0 Å². The zero-order valence-corrected chi connectivity index (χ0v) is 12.2. The van der Waals surface area contributed by atoms with Gasteiger partial charge < -0.3 is 9.80 Å². The summed E-state index contributed by atoms with van der Waals surface area (Å²) >= 11 is 0. The summed E-state index contributed by atoms with van der Waals surface area (Å²) in [6, 6.07) is 10.8. The Morgan fingerprint density at radius 2 is 1.56 bits per heavy atom. The average molecular weight is 248 g/mol. The Bertz CT molecular complexity index is 295. The van der Waals surface area contributed by atoms with E-state index in [1.54, 1.807) is 0 Å². The van der Waals surface area contributed by atoms with Crippen LogP contribution >= 0.6 is 0 Å². The van der Waals surface area contributed by atoms with Crippen molar-refractivity contribution in [1.82, 2.24) is 4.90 Å². The number of likely N-dealkylation sites (N-methyl/N-ethyl adjacent to an activating group) is 1. The van der Waals surface area contributed by atoms with Crippen LogP contribution < -0.4 is 4.90 Å². The third kappa shape index (κ3) is 6.06. The minimum absolute atomic E-state index is 1.11.